The molecule has 1 unspecified atom stereocenters. The first-order chi connectivity index (χ1) is 14.9. The third kappa shape index (κ3) is 3.82. The van der Waals surface area contributed by atoms with Crippen molar-refractivity contribution in [1.29, 1.82) is 5.26 Å². The SMILES string of the molecule is COc1cc(C2C(C#N)=C(N)Oc3n[nH]c(C)c32)cc(Br)c1OCc1ccc(F)cc1. The Balaban J connectivity index is 1.73. The van der Waals surface area contributed by atoms with Gasteiger partial charge in [0.15, 0.2) is 11.5 Å². The van der Waals surface area contributed by atoms with E-state index in [2.05, 4.69) is 32.2 Å². The molecule has 2 aromatic carbocycles. The minimum absolute atomic E-state index is 0.0122. The smallest absolute Gasteiger partial charge is 0.244 e. The zero-order valence-corrected chi connectivity index (χ0v) is 18.3. The highest BCUT2D eigenvalue weighted by Gasteiger charge is 2.35. The van der Waals surface area contributed by atoms with Crippen molar-refractivity contribution in [3.63, 3.8) is 0 Å². The van der Waals surface area contributed by atoms with Crippen LogP contribution in [-0.4, -0.2) is 17.3 Å². The van der Waals surface area contributed by atoms with Crippen LogP contribution in [0.15, 0.2) is 52.3 Å². The number of H-pyrrole nitrogens is 1. The van der Waals surface area contributed by atoms with Crippen molar-refractivity contribution in [2.24, 2.45) is 5.73 Å². The lowest BCUT2D eigenvalue weighted by atomic mass is 9.84. The normalized spacial score (nSPS) is 15.1. The summed E-state index contributed by atoms with van der Waals surface area (Å²) in [5.74, 6) is 0.518. The summed E-state index contributed by atoms with van der Waals surface area (Å²) in [5.41, 5.74) is 9.34. The van der Waals surface area contributed by atoms with E-state index in [1.54, 1.807) is 18.2 Å². The first-order valence-corrected chi connectivity index (χ1v) is 10.1. The Kier molecular flexibility index (Phi) is 5.57. The molecule has 7 nitrogen and oxygen atoms in total. The average molecular weight is 485 g/mol. The maximum atomic E-state index is 13.1. The number of allylic oxidation sites excluding steroid dienone is 1. The molecule has 0 fully saturated rings. The third-order valence-corrected chi connectivity index (χ3v) is 5.60. The van der Waals surface area contributed by atoms with Crippen molar-refractivity contribution in [3.8, 4) is 23.4 Å². The predicted octanol–water partition coefficient (Wildman–Crippen LogP) is 4.43. The summed E-state index contributed by atoms with van der Waals surface area (Å²) in [6.45, 7) is 2.08. The minimum atomic E-state index is -0.483. The number of hydrogen-bond acceptors (Lipinski definition) is 6. The van der Waals surface area contributed by atoms with Gasteiger partial charge in [0, 0.05) is 11.3 Å². The number of fused-ring (bicyclic) bond motifs is 1. The van der Waals surface area contributed by atoms with Crippen molar-refractivity contribution in [3.05, 3.63) is 80.5 Å². The monoisotopic (exact) mass is 484 g/mol. The van der Waals surface area contributed by atoms with Crippen LogP contribution in [0.2, 0.25) is 0 Å². The van der Waals surface area contributed by atoms with Gasteiger partial charge in [0.05, 0.1) is 17.5 Å². The maximum Gasteiger partial charge on any atom is 0.244 e. The van der Waals surface area contributed by atoms with Crippen molar-refractivity contribution in [2.45, 2.75) is 19.4 Å². The molecule has 3 N–H and O–H groups in total. The molecule has 0 saturated heterocycles. The summed E-state index contributed by atoms with van der Waals surface area (Å²) in [6, 6.07) is 11.9. The molecular weight excluding hydrogens is 467 g/mol. The molecular formula is C22H18BrFN4O3. The van der Waals surface area contributed by atoms with E-state index in [4.69, 9.17) is 19.9 Å². The van der Waals surface area contributed by atoms with Crippen molar-refractivity contribution in [1.82, 2.24) is 10.2 Å². The molecule has 9 heteroatoms. The number of nitrogens with zero attached hydrogens (tertiary/aromatic N) is 2. The summed E-state index contributed by atoms with van der Waals surface area (Å²) in [4.78, 5) is 0. The molecule has 0 bridgehead atoms. The van der Waals surface area contributed by atoms with Crippen LogP contribution >= 0.6 is 15.9 Å². The largest absolute Gasteiger partial charge is 0.493 e. The van der Waals surface area contributed by atoms with Gasteiger partial charge in [-0.15, -0.1) is 5.10 Å². The second kappa shape index (κ2) is 8.32. The highest BCUT2D eigenvalue weighted by Crippen LogP contribution is 2.46. The van der Waals surface area contributed by atoms with Gasteiger partial charge in [-0.05, 0) is 58.2 Å². The summed E-state index contributed by atoms with van der Waals surface area (Å²) >= 11 is 3.55. The lowest BCUT2D eigenvalue weighted by Crippen LogP contribution is -2.21. The van der Waals surface area contributed by atoms with Gasteiger partial charge in [-0.1, -0.05) is 12.1 Å². The van der Waals surface area contributed by atoms with Crippen LogP contribution in [0.1, 0.15) is 28.3 Å². The van der Waals surface area contributed by atoms with E-state index >= 15 is 0 Å². The van der Waals surface area contributed by atoms with Crippen molar-refractivity contribution in [2.75, 3.05) is 7.11 Å². The molecule has 0 spiro atoms. The maximum absolute atomic E-state index is 13.1. The van der Waals surface area contributed by atoms with Gasteiger partial charge in [-0.25, -0.2) is 4.39 Å². The number of hydrogen-bond donors (Lipinski definition) is 2. The van der Waals surface area contributed by atoms with Gasteiger partial charge in [0.25, 0.3) is 0 Å². The Morgan fingerprint density at radius 3 is 2.74 bits per heavy atom. The van der Waals surface area contributed by atoms with Crippen LogP contribution in [-0.2, 0) is 6.61 Å². The number of aromatic amines is 1. The van der Waals surface area contributed by atoms with Crippen LogP contribution in [0, 0.1) is 24.1 Å². The van der Waals surface area contributed by atoms with Gasteiger partial charge in [0.1, 0.15) is 24.1 Å². The highest BCUT2D eigenvalue weighted by molar-refractivity contribution is 9.10. The van der Waals surface area contributed by atoms with E-state index in [1.807, 2.05) is 13.0 Å². The number of methoxy groups -OCH3 is 1. The number of nitrogens with one attached hydrogen (secondary N) is 1. The predicted molar refractivity (Wildman–Crippen MR) is 114 cm³/mol. The summed E-state index contributed by atoms with van der Waals surface area (Å²) < 4.78 is 30.8. The molecule has 1 atom stereocenters. The molecule has 3 aromatic rings. The standard InChI is InChI=1S/C22H18BrFN4O3/c1-11-18-19(15(9-25)21(26)31-22(18)28-27-11)13-7-16(23)20(17(8-13)29-2)30-10-12-3-5-14(24)6-4-12/h3-8,19H,10,26H2,1-2H3,(H,27,28). The van der Waals surface area contributed by atoms with Gasteiger partial charge >= 0.3 is 0 Å². The van der Waals surface area contributed by atoms with Gasteiger partial charge < -0.3 is 19.9 Å². The zero-order chi connectivity index (χ0) is 22.1. The molecule has 4 rings (SSSR count). The lowest BCUT2D eigenvalue weighted by Gasteiger charge is -2.25. The fourth-order valence-electron chi connectivity index (χ4n) is 3.51. The second-order valence-corrected chi connectivity index (χ2v) is 7.80. The fourth-order valence-corrected chi connectivity index (χ4v) is 4.09. The topological polar surface area (TPSA) is 106 Å². The minimum Gasteiger partial charge on any atom is -0.493 e. The van der Waals surface area contributed by atoms with E-state index in [-0.39, 0.29) is 23.9 Å². The van der Waals surface area contributed by atoms with E-state index < -0.39 is 5.92 Å². The quantitative estimate of drug-likeness (QED) is 0.554. The number of aromatic nitrogens is 2. The Labute approximate surface area is 186 Å². The Hall–Kier alpha value is -3.51. The lowest BCUT2D eigenvalue weighted by molar-refractivity contribution is 0.282. The van der Waals surface area contributed by atoms with Crippen LogP contribution in [0.3, 0.4) is 0 Å². The fraction of sp³-hybridized carbons (Fsp3) is 0.182. The number of nitriles is 1. The van der Waals surface area contributed by atoms with Gasteiger partial charge in [-0.2, -0.15) is 5.26 Å². The molecule has 1 aliphatic rings. The first kappa shape index (κ1) is 20.8. The number of ether oxygens (including phenoxy) is 3. The number of aryl methyl sites for hydroxylation is 1. The first-order valence-electron chi connectivity index (χ1n) is 9.30. The number of rotatable bonds is 5. The molecule has 158 valence electrons. The second-order valence-electron chi connectivity index (χ2n) is 6.94. The van der Waals surface area contributed by atoms with Gasteiger partial charge in [-0.3, -0.25) is 5.10 Å². The van der Waals surface area contributed by atoms with E-state index in [0.717, 1.165) is 22.4 Å². The molecule has 0 amide bonds. The van der Waals surface area contributed by atoms with E-state index in [9.17, 15) is 9.65 Å². The number of nitrogens with two attached hydrogens (primary N) is 1. The molecule has 0 aliphatic carbocycles. The number of halogens is 2. The summed E-state index contributed by atoms with van der Waals surface area (Å²) in [5, 5.41) is 16.8. The van der Waals surface area contributed by atoms with E-state index in [0.29, 0.717) is 21.9 Å². The highest BCUT2D eigenvalue weighted by atomic mass is 79.9. The molecule has 31 heavy (non-hydrogen) atoms. The average Bonchev–Trinajstić information content (AvgIpc) is 3.12. The summed E-state index contributed by atoms with van der Waals surface area (Å²) in [6.07, 6.45) is 0. The number of benzene rings is 2. The molecule has 2 heterocycles. The Morgan fingerprint density at radius 1 is 1.32 bits per heavy atom. The van der Waals surface area contributed by atoms with Gasteiger partial charge in [0.2, 0.25) is 11.8 Å². The van der Waals surface area contributed by atoms with Crippen LogP contribution < -0.4 is 19.9 Å². The third-order valence-electron chi connectivity index (χ3n) is 5.01. The van der Waals surface area contributed by atoms with Crippen LogP contribution in [0.5, 0.6) is 17.4 Å². The Bertz CT molecular complexity index is 1210. The zero-order valence-electron chi connectivity index (χ0n) is 16.7. The molecule has 1 aliphatic heterocycles. The van der Waals surface area contributed by atoms with Crippen LogP contribution in [0.4, 0.5) is 4.39 Å². The Morgan fingerprint density at radius 2 is 2.06 bits per heavy atom. The van der Waals surface area contributed by atoms with E-state index in [1.165, 1.54) is 19.2 Å². The summed E-state index contributed by atoms with van der Waals surface area (Å²) in [7, 11) is 1.53. The van der Waals surface area contributed by atoms with Crippen LogP contribution in [0.25, 0.3) is 0 Å². The molecule has 0 radical (unpaired) electrons. The molecule has 0 saturated carbocycles. The molecule has 1 aromatic heterocycles. The van der Waals surface area contributed by atoms with Crippen molar-refractivity contribution >= 4 is 15.9 Å². The van der Waals surface area contributed by atoms with Crippen molar-refractivity contribution < 1.29 is 18.6 Å².